The van der Waals surface area contributed by atoms with Gasteiger partial charge in [-0.1, -0.05) is 49.0 Å². The summed E-state index contributed by atoms with van der Waals surface area (Å²) >= 11 is 1.37. The molecule has 1 amide bonds. The second-order valence-electron chi connectivity index (χ2n) is 6.71. The van der Waals surface area contributed by atoms with Crippen LogP contribution in [0.5, 0.6) is 0 Å². The van der Waals surface area contributed by atoms with Crippen LogP contribution >= 0.6 is 11.8 Å². The van der Waals surface area contributed by atoms with Crippen molar-refractivity contribution in [2.45, 2.75) is 31.3 Å². The lowest BCUT2D eigenvalue weighted by molar-refractivity contribution is -0.116. The molecule has 0 bridgehead atoms. The summed E-state index contributed by atoms with van der Waals surface area (Å²) in [6.45, 7) is 1.96. The summed E-state index contributed by atoms with van der Waals surface area (Å²) in [6.07, 6.45) is 1.99. The van der Waals surface area contributed by atoms with Crippen molar-refractivity contribution in [3.05, 3.63) is 71.5 Å². The van der Waals surface area contributed by atoms with Crippen LogP contribution in [0.1, 0.15) is 41.5 Å². The number of carbonyl (C=O) groups is 2. The van der Waals surface area contributed by atoms with E-state index in [1.165, 1.54) is 17.3 Å². The van der Waals surface area contributed by atoms with E-state index < -0.39 is 0 Å². The molecule has 1 aromatic heterocycles. The molecule has 1 N–H and O–H groups in total. The standard InChI is InChI=1S/C22H24N4O2S/c1-3-7-21(28)23-18-12-10-17(11-13-18)19(27)15-29-22-25-24-20(26(22)2)14-16-8-5-4-6-9-16/h4-6,8-13H,3,7,14-15H2,1-2H3,(H,23,28). The number of carbonyl (C=O) groups excluding carboxylic acids is 2. The first-order valence-corrected chi connectivity index (χ1v) is 10.5. The Morgan fingerprint density at radius 3 is 2.45 bits per heavy atom. The van der Waals surface area contributed by atoms with Gasteiger partial charge in [-0.3, -0.25) is 9.59 Å². The Hall–Kier alpha value is -2.93. The molecule has 0 aliphatic carbocycles. The maximum Gasteiger partial charge on any atom is 0.224 e. The van der Waals surface area contributed by atoms with E-state index in [-0.39, 0.29) is 17.4 Å². The van der Waals surface area contributed by atoms with Crippen molar-refractivity contribution >= 4 is 29.1 Å². The van der Waals surface area contributed by atoms with Gasteiger partial charge < -0.3 is 9.88 Å². The van der Waals surface area contributed by atoms with E-state index in [1.54, 1.807) is 24.3 Å². The summed E-state index contributed by atoms with van der Waals surface area (Å²) < 4.78 is 1.93. The van der Waals surface area contributed by atoms with Gasteiger partial charge in [0, 0.05) is 31.1 Å². The van der Waals surface area contributed by atoms with Gasteiger partial charge >= 0.3 is 0 Å². The molecular weight excluding hydrogens is 384 g/mol. The van der Waals surface area contributed by atoms with Crippen LogP contribution in [0.15, 0.2) is 59.8 Å². The fraction of sp³-hybridized carbons (Fsp3) is 0.273. The number of hydrogen-bond acceptors (Lipinski definition) is 5. The van der Waals surface area contributed by atoms with Crippen LogP contribution in [-0.4, -0.2) is 32.2 Å². The van der Waals surface area contributed by atoms with E-state index in [1.807, 2.05) is 36.7 Å². The van der Waals surface area contributed by atoms with Gasteiger partial charge in [0.15, 0.2) is 10.9 Å². The summed E-state index contributed by atoms with van der Waals surface area (Å²) in [5.41, 5.74) is 2.48. The molecule has 0 saturated carbocycles. The van der Waals surface area contributed by atoms with Crippen molar-refractivity contribution in [1.29, 1.82) is 0 Å². The van der Waals surface area contributed by atoms with E-state index in [4.69, 9.17) is 0 Å². The molecule has 0 spiro atoms. The average Bonchev–Trinajstić information content (AvgIpc) is 3.07. The predicted molar refractivity (Wildman–Crippen MR) is 115 cm³/mol. The first kappa shape index (κ1) is 20.8. The molecule has 3 rings (SSSR count). The zero-order valence-corrected chi connectivity index (χ0v) is 17.4. The van der Waals surface area contributed by atoms with Gasteiger partial charge in [-0.2, -0.15) is 0 Å². The first-order valence-electron chi connectivity index (χ1n) is 9.55. The number of Topliss-reactive ketones (excluding diaryl/α,β-unsaturated/α-hetero) is 1. The zero-order valence-electron chi connectivity index (χ0n) is 16.6. The number of amides is 1. The summed E-state index contributed by atoms with van der Waals surface area (Å²) in [7, 11) is 1.92. The highest BCUT2D eigenvalue weighted by molar-refractivity contribution is 7.99. The van der Waals surface area contributed by atoms with Crippen LogP contribution in [0.3, 0.4) is 0 Å². The van der Waals surface area contributed by atoms with Gasteiger partial charge in [0.05, 0.1) is 5.75 Å². The fourth-order valence-corrected chi connectivity index (χ4v) is 3.63. The molecule has 0 radical (unpaired) electrons. The smallest absolute Gasteiger partial charge is 0.224 e. The Morgan fingerprint density at radius 2 is 1.76 bits per heavy atom. The third-order valence-electron chi connectivity index (χ3n) is 4.43. The van der Waals surface area contributed by atoms with Crippen molar-refractivity contribution in [3.63, 3.8) is 0 Å². The van der Waals surface area contributed by atoms with Crippen molar-refractivity contribution < 1.29 is 9.59 Å². The van der Waals surface area contributed by atoms with Gasteiger partial charge in [-0.05, 0) is 36.2 Å². The number of aromatic nitrogens is 3. The molecule has 29 heavy (non-hydrogen) atoms. The second kappa shape index (κ2) is 10.0. The highest BCUT2D eigenvalue weighted by Crippen LogP contribution is 2.19. The van der Waals surface area contributed by atoms with Gasteiger partial charge in [-0.25, -0.2) is 0 Å². The van der Waals surface area contributed by atoms with Gasteiger partial charge in [0.1, 0.15) is 5.82 Å². The molecule has 2 aromatic carbocycles. The van der Waals surface area contributed by atoms with Crippen LogP contribution in [0.25, 0.3) is 0 Å². The van der Waals surface area contributed by atoms with Crippen LogP contribution in [0, 0.1) is 0 Å². The molecule has 0 atom stereocenters. The van der Waals surface area contributed by atoms with Gasteiger partial charge in [0.25, 0.3) is 0 Å². The summed E-state index contributed by atoms with van der Waals surface area (Å²) in [5, 5.41) is 12.0. The van der Waals surface area contributed by atoms with Crippen molar-refractivity contribution in [2.75, 3.05) is 11.1 Å². The molecule has 0 unspecified atom stereocenters. The maximum absolute atomic E-state index is 12.5. The number of anilines is 1. The average molecular weight is 409 g/mol. The minimum atomic E-state index is -0.0179. The molecule has 1 heterocycles. The predicted octanol–water partition coefficient (Wildman–Crippen LogP) is 4.12. The molecule has 150 valence electrons. The largest absolute Gasteiger partial charge is 0.326 e. The number of nitrogens with one attached hydrogen (secondary N) is 1. The summed E-state index contributed by atoms with van der Waals surface area (Å²) in [5.74, 6) is 1.13. The highest BCUT2D eigenvalue weighted by atomic mass is 32.2. The number of nitrogens with zero attached hydrogens (tertiary/aromatic N) is 3. The molecule has 0 aliphatic heterocycles. The Labute approximate surface area is 174 Å². The normalized spacial score (nSPS) is 10.7. The van der Waals surface area contributed by atoms with Crippen LogP contribution in [0.4, 0.5) is 5.69 Å². The monoisotopic (exact) mass is 408 g/mol. The fourth-order valence-electron chi connectivity index (χ4n) is 2.81. The van der Waals surface area contributed by atoms with Gasteiger partial charge in [0.2, 0.25) is 5.91 Å². The minimum absolute atomic E-state index is 0.00837. The highest BCUT2D eigenvalue weighted by Gasteiger charge is 2.13. The van der Waals surface area contributed by atoms with E-state index in [2.05, 4.69) is 27.6 Å². The lowest BCUT2D eigenvalue weighted by Gasteiger charge is -2.06. The summed E-state index contributed by atoms with van der Waals surface area (Å²) in [4.78, 5) is 24.1. The topological polar surface area (TPSA) is 76.9 Å². The third kappa shape index (κ3) is 5.77. The SMILES string of the molecule is CCCC(=O)Nc1ccc(C(=O)CSc2nnc(Cc3ccccc3)n2C)cc1. The van der Waals surface area contributed by atoms with Crippen molar-refractivity contribution in [1.82, 2.24) is 14.8 Å². The van der Waals surface area contributed by atoms with E-state index >= 15 is 0 Å². The third-order valence-corrected chi connectivity index (χ3v) is 5.45. The molecule has 0 saturated heterocycles. The number of ketones is 1. The van der Waals surface area contributed by atoms with Crippen LogP contribution in [0.2, 0.25) is 0 Å². The Kier molecular flexibility index (Phi) is 7.19. The van der Waals surface area contributed by atoms with Gasteiger partial charge in [-0.15, -0.1) is 10.2 Å². The van der Waals surface area contributed by atoms with Crippen LogP contribution < -0.4 is 5.32 Å². The quantitative estimate of drug-likeness (QED) is 0.426. The zero-order chi connectivity index (χ0) is 20.6. The van der Waals surface area contributed by atoms with Crippen LogP contribution in [-0.2, 0) is 18.3 Å². The Bertz CT molecular complexity index is 968. The molecular formula is C22H24N4O2S. The molecule has 7 heteroatoms. The Balaban J connectivity index is 1.56. The summed E-state index contributed by atoms with van der Waals surface area (Å²) in [6, 6.07) is 17.1. The number of thioether (sulfide) groups is 1. The van der Waals surface area contributed by atoms with E-state index in [0.717, 1.165) is 12.2 Å². The molecule has 0 aliphatic rings. The molecule has 0 fully saturated rings. The van der Waals surface area contributed by atoms with Crippen molar-refractivity contribution in [2.24, 2.45) is 7.05 Å². The van der Waals surface area contributed by atoms with Crippen molar-refractivity contribution in [3.8, 4) is 0 Å². The number of benzene rings is 2. The molecule has 3 aromatic rings. The van der Waals surface area contributed by atoms with E-state index in [0.29, 0.717) is 29.2 Å². The minimum Gasteiger partial charge on any atom is -0.326 e. The maximum atomic E-state index is 12.5. The lowest BCUT2D eigenvalue weighted by Crippen LogP contribution is -2.11. The van der Waals surface area contributed by atoms with E-state index in [9.17, 15) is 9.59 Å². The molecule has 6 nitrogen and oxygen atoms in total. The first-order chi connectivity index (χ1) is 14.1. The Morgan fingerprint density at radius 1 is 1.03 bits per heavy atom. The number of rotatable bonds is 9. The second-order valence-corrected chi connectivity index (χ2v) is 7.65. The lowest BCUT2D eigenvalue weighted by atomic mass is 10.1. The number of hydrogen-bond donors (Lipinski definition) is 1.